The smallest absolute Gasteiger partial charge is 0.280 e. The molecule has 1 N–H and O–H groups in total. The van der Waals surface area contributed by atoms with Crippen LogP contribution in [0.4, 0.5) is 13.8 Å². The molecule has 1 aliphatic heterocycles. The van der Waals surface area contributed by atoms with Crippen LogP contribution in [0.15, 0.2) is 36.5 Å². The van der Waals surface area contributed by atoms with Gasteiger partial charge in [0.15, 0.2) is 22.4 Å². The second-order valence-electron chi connectivity index (χ2n) is 7.33. The highest BCUT2D eigenvalue weighted by molar-refractivity contribution is 7.18. The molecule has 0 spiro atoms. The monoisotopic (exact) mass is 472 g/mol. The van der Waals surface area contributed by atoms with Crippen LogP contribution in [-0.2, 0) is 17.8 Å². The first kappa shape index (κ1) is 22.5. The molecule has 0 aliphatic carbocycles. The third-order valence-electron chi connectivity index (χ3n) is 5.17. The van der Waals surface area contributed by atoms with Crippen LogP contribution in [0.3, 0.4) is 0 Å². The Balaban J connectivity index is 1.52. The van der Waals surface area contributed by atoms with E-state index < -0.39 is 35.1 Å². The van der Waals surface area contributed by atoms with Crippen LogP contribution in [0.1, 0.15) is 31.4 Å². The van der Waals surface area contributed by atoms with Crippen LogP contribution in [0.25, 0.3) is 0 Å². The second-order valence-corrected chi connectivity index (χ2v) is 8.31. The first-order valence-corrected chi connectivity index (χ1v) is 10.6. The van der Waals surface area contributed by atoms with E-state index in [9.17, 15) is 23.2 Å². The van der Waals surface area contributed by atoms with E-state index >= 15 is 0 Å². The molecule has 2 aromatic heterocycles. The molecule has 0 bridgehead atoms. The lowest BCUT2D eigenvalue weighted by atomic mass is 9.90. The number of ether oxygens (including phenoxy) is 1. The van der Waals surface area contributed by atoms with E-state index in [2.05, 4.69) is 15.3 Å². The molecule has 11 heteroatoms. The number of anilines is 1. The molecule has 1 unspecified atom stereocenters. The number of methoxy groups -OCH3 is 1. The van der Waals surface area contributed by atoms with Gasteiger partial charge >= 0.3 is 0 Å². The molecular weight excluding hydrogens is 454 g/mol. The third-order valence-corrected chi connectivity index (χ3v) is 6.30. The quantitative estimate of drug-likeness (QED) is 0.554. The normalized spacial score (nSPS) is 15.4. The number of Topliss-reactive ketones (excluding diaryl/α,β-unsaturated/α-hetero) is 1. The topological polar surface area (TPSA) is 101 Å². The highest BCUT2D eigenvalue weighted by Crippen LogP contribution is 2.36. The van der Waals surface area contributed by atoms with Crippen molar-refractivity contribution in [2.45, 2.75) is 13.0 Å². The Morgan fingerprint density at radius 2 is 1.97 bits per heavy atom. The van der Waals surface area contributed by atoms with E-state index in [0.29, 0.717) is 11.4 Å². The van der Waals surface area contributed by atoms with Crippen molar-refractivity contribution in [1.82, 2.24) is 15.3 Å². The fourth-order valence-corrected chi connectivity index (χ4v) is 4.38. The first-order chi connectivity index (χ1) is 15.8. The molecule has 170 valence electrons. The summed E-state index contributed by atoms with van der Waals surface area (Å²) in [4.78, 5) is 47.9. The van der Waals surface area contributed by atoms with Crippen LogP contribution >= 0.6 is 11.3 Å². The Hall–Kier alpha value is -3.73. The number of thiazole rings is 1. The summed E-state index contributed by atoms with van der Waals surface area (Å²) < 4.78 is 31.8. The predicted molar refractivity (Wildman–Crippen MR) is 115 cm³/mol. The van der Waals surface area contributed by atoms with Crippen LogP contribution < -0.4 is 15.0 Å². The number of pyridine rings is 1. The van der Waals surface area contributed by atoms with Crippen molar-refractivity contribution in [1.29, 1.82) is 0 Å². The van der Waals surface area contributed by atoms with Gasteiger partial charge in [-0.25, -0.2) is 18.7 Å². The number of carbonyl (C=O) groups is 3. The maximum absolute atomic E-state index is 13.6. The van der Waals surface area contributed by atoms with Gasteiger partial charge in [-0.15, -0.1) is 0 Å². The Labute approximate surface area is 191 Å². The number of nitrogens with zero attached hydrogens (tertiary/aromatic N) is 3. The van der Waals surface area contributed by atoms with Gasteiger partial charge in [0, 0.05) is 25.9 Å². The molecule has 0 saturated carbocycles. The SMILES string of the molecule is COc1cc(CNC(=O)c2nc3c(s2)N(C)C(=O)C(Cc2ccc(F)c(F)c2)C3=O)ccn1. The van der Waals surface area contributed by atoms with E-state index in [-0.39, 0.29) is 28.7 Å². The Bertz CT molecular complexity index is 1260. The zero-order valence-corrected chi connectivity index (χ0v) is 18.4. The standard InChI is InChI=1S/C22H18F2N4O4S/c1-28-21(31)13(7-11-3-4-14(23)15(24)8-11)18(29)17-22(28)33-20(27-17)19(30)26-10-12-5-6-25-16(9-12)32-2/h3-6,8-9,13H,7,10H2,1-2H3,(H,26,30). The molecule has 33 heavy (non-hydrogen) atoms. The maximum atomic E-state index is 13.6. The number of rotatable bonds is 6. The summed E-state index contributed by atoms with van der Waals surface area (Å²) in [6.45, 7) is 0.184. The highest BCUT2D eigenvalue weighted by atomic mass is 32.1. The summed E-state index contributed by atoms with van der Waals surface area (Å²) in [6.07, 6.45) is 1.44. The van der Waals surface area contributed by atoms with Crippen LogP contribution in [-0.4, -0.2) is 41.7 Å². The lowest BCUT2D eigenvalue weighted by Crippen LogP contribution is -2.43. The Kier molecular flexibility index (Phi) is 6.14. The Morgan fingerprint density at radius 3 is 2.70 bits per heavy atom. The number of halogens is 2. The molecule has 0 radical (unpaired) electrons. The highest BCUT2D eigenvalue weighted by Gasteiger charge is 2.41. The van der Waals surface area contributed by atoms with Gasteiger partial charge in [0.25, 0.3) is 5.91 Å². The fourth-order valence-electron chi connectivity index (χ4n) is 3.42. The van der Waals surface area contributed by atoms with Crippen LogP contribution in [0.5, 0.6) is 5.88 Å². The molecule has 4 rings (SSSR count). The third kappa shape index (κ3) is 4.44. The van der Waals surface area contributed by atoms with Crippen molar-refractivity contribution in [3.8, 4) is 5.88 Å². The number of carbonyl (C=O) groups excluding carboxylic acids is 3. The van der Waals surface area contributed by atoms with Gasteiger partial charge in [-0.3, -0.25) is 14.4 Å². The lowest BCUT2D eigenvalue weighted by Gasteiger charge is -2.27. The average Bonchev–Trinajstić information content (AvgIpc) is 3.27. The molecule has 1 aliphatic rings. The summed E-state index contributed by atoms with van der Waals surface area (Å²) in [5.74, 6) is -4.38. The number of aromatic nitrogens is 2. The number of amides is 2. The van der Waals surface area contributed by atoms with Crippen LogP contribution in [0.2, 0.25) is 0 Å². The number of nitrogens with one attached hydrogen (secondary N) is 1. The van der Waals surface area contributed by atoms with Gasteiger partial charge in [-0.2, -0.15) is 0 Å². The lowest BCUT2D eigenvalue weighted by molar-refractivity contribution is -0.120. The minimum Gasteiger partial charge on any atom is -0.481 e. The first-order valence-electron chi connectivity index (χ1n) is 9.82. The summed E-state index contributed by atoms with van der Waals surface area (Å²) in [5.41, 5.74) is 1.07. The number of fused-ring (bicyclic) bond motifs is 1. The summed E-state index contributed by atoms with van der Waals surface area (Å²) in [5, 5.41) is 3.01. The number of benzene rings is 1. The van der Waals surface area contributed by atoms with Crippen molar-refractivity contribution in [2.24, 2.45) is 5.92 Å². The summed E-state index contributed by atoms with van der Waals surface area (Å²) >= 11 is 0.929. The van der Waals surface area contributed by atoms with Crippen molar-refractivity contribution >= 4 is 33.9 Å². The average molecular weight is 472 g/mol. The second kappa shape index (κ2) is 9.02. The van der Waals surface area contributed by atoms with Crippen molar-refractivity contribution in [2.75, 3.05) is 19.1 Å². The predicted octanol–water partition coefficient (Wildman–Crippen LogP) is 2.77. The van der Waals surface area contributed by atoms with Gasteiger partial charge in [0.2, 0.25) is 11.8 Å². The number of ketones is 1. The molecule has 8 nitrogen and oxygen atoms in total. The molecular formula is C22H18F2N4O4S. The van der Waals surface area contributed by atoms with E-state index in [1.807, 2.05) is 0 Å². The number of hydrogen-bond donors (Lipinski definition) is 1. The summed E-state index contributed by atoms with van der Waals surface area (Å²) in [6, 6.07) is 6.61. The minimum absolute atomic E-state index is 0.00501. The van der Waals surface area contributed by atoms with Crippen LogP contribution in [0, 0.1) is 17.6 Å². The zero-order valence-electron chi connectivity index (χ0n) is 17.6. The van der Waals surface area contributed by atoms with Gasteiger partial charge < -0.3 is 15.0 Å². The van der Waals surface area contributed by atoms with Crippen molar-refractivity contribution in [3.05, 3.63) is 70.0 Å². The zero-order chi connectivity index (χ0) is 23.7. The van der Waals surface area contributed by atoms with Gasteiger partial charge in [0.05, 0.1) is 7.11 Å². The van der Waals surface area contributed by atoms with Gasteiger partial charge in [-0.05, 0) is 35.7 Å². The van der Waals surface area contributed by atoms with Gasteiger partial charge in [0.1, 0.15) is 16.6 Å². The molecule has 2 amide bonds. The molecule has 0 fully saturated rings. The minimum atomic E-state index is -1.14. The maximum Gasteiger partial charge on any atom is 0.280 e. The van der Waals surface area contributed by atoms with E-state index in [1.54, 1.807) is 18.3 Å². The molecule has 3 heterocycles. The molecule has 3 aromatic rings. The fraction of sp³-hybridized carbons (Fsp3) is 0.227. The largest absolute Gasteiger partial charge is 0.481 e. The van der Waals surface area contributed by atoms with Crippen molar-refractivity contribution in [3.63, 3.8) is 0 Å². The van der Waals surface area contributed by atoms with Crippen molar-refractivity contribution < 1.29 is 27.9 Å². The van der Waals surface area contributed by atoms with E-state index in [4.69, 9.17) is 4.74 Å². The molecule has 1 atom stereocenters. The van der Waals surface area contributed by atoms with Gasteiger partial charge in [-0.1, -0.05) is 17.4 Å². The van der Waals surface area contributed by atoms with E-state index in [0.717, 1.165) is 29.0 Å². The summed E-state index contributed by atoms with van der Waals surface area (Å²) in [7, 11) is 2.97. The molecule has 0 saturated heterocycles. The van der Waals surface area contributed by atoms with E-state index in [1.165, 1.54) is 25.1 Å². The Morgan fingerprint density at radius 1 is 1.18 bits per heavy atom. The molecule has 1 aromatic carbocycles. The number of hydrogen-bond acceptors (Lipinski definition) is 7.